The van der Waals surface area contributed by atoms with E-state index < -0.39 is 29.4 Å². The van der Waals surface area contributed by atoms with E-state index in [4.69, 9.17) is 39.9 Å². The van der Waals surface area contributed by atoms with Crippen LogP contribution in [-0.2, 0) is 4.79 Å². The molecule has 0 spiro atoms. The molecule has 1 aromatic heterocycles. The third-order valence-corrected chi connectivity index (χ3v) is 6.82. The molecule has 2 aliphatic rings. The van der Waals surface area contributed by atoms with E-state index >= 15 is 0 Å². The van der Waals surface area contributed by atoms with Crippen molar-refractivity contribution in [1.29, 1.82) is 0 Å². The Morgan fingerprint density at radius 2 is 1.54 bits per heavy atom. The number of carboxylic acids is 1. The van der Waals surface area contributed by atoms with Crippen LogP contribution in [0.3, 0.4) is 0 Å². The van der Waals surface area contributed by atoms with Gasteiger partial charge in [0.2, 0.25) is 0 Å². The summed E-state index contributed by atoms with van der Waals surface area (Å²) in [5, 5.41) is 12.9. The van der Waals surface area contributed by atoms with Gasteiger partial charge in [-0.05, 0) is 49.2 Å². The van der Waals surface area contributed by atoms with Gasteiger partial charge in [-0.15, -0.1) is 0 Å². The maximum Gasteiger partial charge on any atom is 0.438 e. The smallest absolute Gasteiger partial charge is 0.438 e. The predicted octanol–water partition coefficient (Wildman–Crippen LogP) is 5.04. The van der Waals surface area contributed by atoms with Crippen molar-refractivity contribution in [2.24, 2.45) is 17.8 Å². The zero-order valence-corrected chi connectivity index (χ0v) is 19.9. The van der Waals surface area contributed by atoms with Crippen molar-refractivity contribution in [2.45, 2.75) is 18.8 Å². The second-order valence-electron chi connectivity index (χ2n) is 8.20. The number of nitrogens with one attached hydrogen (secondary N) is 1. The van der Waals surface area contributed by atoms with E-state index in [-0.39, 0.29) is 34.0 Å². The lowest BCUT2D eigenvalue weighted by molar-refractivity contribution is -0.138. The Morgan fingerprint density at radius 3 is 2.09 bits per heavy atom. The first-order valence-electron chi connectivity index (χ1n) is 10.3. The van der Waals surface area contributed by atoms with Crippen LogP contribution >= 0.6 is 34.8 Å². The number of aliphatic carboxylic acids is 1. The zero-order chi connectivity index (χ0) is 25.4. The number of benzene rings is 2. The van der Waals surface area contributed by atoms with Crippen molar-refractivity contribution in [3.05, 3.63) is 84.8 Å². The summed E-state index contributed by atoms with van der Waals surface area (Å²) in [6.45, 7) is 0. The minimum Gasteiger partial charge on any atom is -0.481 e. The molecule has 182 valence electrons. The largest absolute Gasteiger partial charge is 0.481 e. The molecule has 2 aromatic carbocycles. The molecule has 2 N–H and O–H groups in total. The normalized spacial score (nSPS) is 22.1. The minimum absolute atomic E-state index is 0.0348. The number of H-pyrrole nitrogens is 1. The number of ketones is 2. The van der Waals surface area contributed by atoms with Crippen LogP contribution in [0.25, 0.3) is 0 Å². The fourth-order valence-electron chi connectivity index (χ4n) is 3.67. The second kappa shape index (κ2) is 9.93. The molecule has 2 aliphatic carbocycles. The topological polar surface area (TPSA) is 130 Å². The van der Waals surface area contributed by atoms with Crippen LogP contribution in [0.5, 0.6) is 0 Å². The molecular weight excluding hydrogens is 526 g/mol. The molecule has 0 bridgehead atoms. The molecule has 4 atom stereocenters. The quantitative estimate of drug-likeness (QED) is 0.418. The number of carbonyl (C=O) groups excluding carboxylic acids is 2. The molecule has 2 saturated carbocycles. The van der Waals surface area contributed by atoms with E-state index in [1.165, 1.54) is 12.1 Å². The lowest BCUT2D eigenvalue weighted by atomic mass is 10.1. The minimum atomic E-state index is -0.966. The molecule has 3 aromatic rings. The summed E-state index contributed by atoms with van der Waals surface area (Å²) < 4.78 is 17.3. The highest BCUT2D eigenvalue weighted by atomic mass is 35.5. The molecular formula is C23H16Cl3FN2O6. The number of Topliss-reactive ketones (excluding diaryl/α,β-unsaturated/α-hetero) is 2. The highest BCUT2D eigenvalue weighted by Crippen LogP contribution is 2.48. The summed E-state index contributed by atoms with van der Waals surface area (Å²) >= 11 is 17.2. The summed E-state index contributed by atoms with van der Waals surface area (Å²) in [5.74, 6) is -3.44. The Bertz CT molecular complexity index is 1390. The second-order valence-corrected chi connectivity index (χ2v) is 9.42. The maximum absolute atomic E-state index is 12.8. The average Bonchev–Trinajstić information content (AvgIpc) is 3.74. The molecule has 0 radical (unpaired) electrons. The fraction of sp³-hybridized carbons (Fsp3) is 0.261. The Labute approximate surface area is 212 Å². The van der Waals surface area contributed by atoms with Crippen LogP contribution in [0.1, 0.15) is 45.3 Å². The van der Waals surface area contributed by atoms with E-state index in [0.717, 1.165) is 6.07 Å². The fourth-order valence-corrected chi connectivity index (χ4v) is 4.15. The van der Waals surface area contributed by atoms with E-state index in [9.17, 15) is 23.6 Å². The first-order valence-corrected chi connectivity index (χ1v) is 11.5. The highest BCUT2D eigenvalue weighted by Gasteiger charge is 2.48. The van der Waals surface area contributed by atoms with Crippen LogP contribution in [0, 0.1) is 23.6 Å². The molecule has 0 saturated heterocycles. The third-order valence-electron chi connectivity index (χ3n) is 5.79. The highest BCUT2D eigenvalue weighted by molar-refractivity contribution is 6.42. The average molecular weight is 542 g/mol. The monoisotopic (exact) mass is 540 g/mol. The summed E-state index contributed by atoms with van der Waals surface area (Å²) in [7, 11) is 0. The van der Waals surface area contributed by atoms with Gasteiger partial charge in [-0.1, -0.05) is 40.0 Å². The number of halogens is 4. The number of hydrogen-bond acceptors (Lipinski definition) is 6. The van der Waals surface area contributed by atoms with Gasteiger partial charge in [0.05, 0.1) is 21.0 Å². The van der Waals surface area contributed by atoms with Crippen LogP contribution in [0.4, 0.5) is 4.39 Å². The van der Waals surface area contributed by atoms with Crippen molar-refractivity contribution >= 4 is 52.3 Å². The zero-order valence-electron chi connectivity index (χ0n) is 17.6. The Morgan fingerprint density at radius 1 is 0.914 bits per heavy atom. The van der Waals surface area contributed by atoms with Crippen molar-refractivity contribution in [3.63, 3.8) is 0 Å². The summed E-state index contributed by atoms with van der Waals surface area (Å²) in [6.07, 6.45) is 0.991. The van der Waals surface area contributed by atoms with Gasteiger partial charge in [0.1, 0.15) is 5.82 Å². The van der Waals surface area contributed by atoms with E-state index in [0.29, 0.717) is 34.3 Å². The summed E-state index contributed by atoms with van der Waals surface area (Å²) in [5.41, 5.74) is 0.771. The molecule has 1 unspecified atom stereocenters. The predicted molar refractivity (Wildman–Crippen MR) is 124 cm³/mol. The van der Waals surface area contributed by atoms with E-state index in [2.05, 4.69) is 14.7 Å². The molecule has 12 heteroatoms. The van der Waals surface area contributed by atoms with Gasteiger partial charge in [-0.25, -0.2) is 9.18 Å². The molecule has 0 amide bonds. The van der Waals surface area contributed by atoms with Gasteiger partial charge in [0.25, 0.3) is 0 Å². The van der Waals surface area contributed by atoms with E-state index in [1.807, 2.05) is 0 Å². The third kappa shape index (κ3) is 5.63. The Kier molecular flexibility index (Phi) is 7.12. The van der Waals surface area contributed by atoms with Gasteiger partial charge in [-0.3, -0.25) is 23.9 Å². The molecule has 35 heavy (non-hydrogen) atoms. The lowest BCUT2D eigenvalue weighted by Crippen LogP contribution is -2.08. The first kappa shape index (κ1) is 25.1. The summed E-state index contributed by atoms with van der Waals surface area (Å²) in [4.78, 5) is 47.9. The van der Waals surface area contributed by atoms with Gasteiger partial charge < -0.3 is 5.11 Å². The number of carboxylic acid groups (broad SMARTS) is 1. The van der Waals surface area contributed by atoms with Crippen LogP contribution < -0.4 is 5.76 Å². The number of rotatable bonds is 6. The molecule has 5 rings (SSSR count). The van der Waals surface area contributed by atoms with E-state index in [1.54, 1.807) is 18.2 Å². The Hall–Kier alpha value is -3.01. The van der Waals surface area contributed by atoms with Crippen molar-refractivity contribution in [1.82, 2.24) is 10.1 Å². The number of hydrogen-bond donors (Lipinski definition) is 2. The standard InChI is InChI=1S/C12H8Cl2N2O3.C11H8ClFO3/c13-8-2-1-5(3-9(8)14)10(17)6-4-7(6)11-15-12(18)19-16-11;12-8-3-5(1-2-9(8)13)10(14)6-4-7(6)11(15)16/h1-3,6-7H,4H2,(H,15,16,18);1-3,6-7H,4H2,(H,15,16)/t6-,7-;6?,7-/m00/s1. The van der Waals surface area contributed by atoms with Gasteiger partial charge in [0, 0.05) is 28.9 Å². The van der Waals surface area contributed by atoms with Crippen LogP contribution in [0.15, 0.2) is 45.7 Å². The van der Waals surface area contributed by atoms with Crippen molar-refractivity contribution in [2.75, 3.05) is 0 Å². The van der Waals surface area contributed by atoms with Crippen molar-refractivity contribution in [3.8, 4) is 0 Å². The number of carbonyl (C=O) groups is 3. The van der Waals surface area contributed by atoms with Gasteiger partial charge >= 0.3 is 11.7 Å². The van der Waals surface area contributed by atoms with Crippen LogP contribution in [-0.4, -0.2) is 32.8 Å². The van der Waals surface area contributed by atoms with Gasteiger partial charge in [0.15, 0.2) is 17.4 Å². The molecule has 8 nitrogen and oxygen atoms in total. The molecule has 1 heterocycles. The van der Waals surface area contributed by atoms with Crippen LogP contribution in [0.2, 0.25) is 15.1 Å². The van der Waals surface area contributed by atoms with Crippen molar-refractivity contribution < 1.29 is 28.4 Å². The SMILES string of the molecule is O=C(c1ccc(Cl)c(Cl)c1)[C@H]1C[C@@H]1c1noc(=O)[nH]1.O=C(c1ccc(F)c(Cl)c1)C1C[C@@H]1C(=O)O. The maximum atomic E-state index is 12.8. The molecule has 0 aliphatic heterocycles. The number of aromatic nitrogens is 2. The lowest BCUT2D eigenvalue weighted by Gasteiger charge is -2.01. The number of aromatic amines is 1. The molecule has 2 fully saturated rings. The Balaban J connectivity index is 0.000000168. The first-order chi connectivity index (χ1) is 16.6. The van der Waals surface area contributed by atoms with Gasteiger partial charge in [-0.2, -0.15) is 0 Å². The summed E-state index contributed by atoms with van der Waals surface area (Å²) in [6, 6.07) is 8.43. The number of nitrogens with zero attached hydrogens (tertiary/aromatic N) is 1.